The minimum Gasteiger partial charge on any atom is -0.491 e. The van der Waals surface area contributed by atoms with Crippen LogP contribution in [-0.4, -0.2) is 89.4 Å². The first-order chi connectivity index (χ1) is 22.2. The number of H-pyrrole nitrogens is 1. The van der Waals surface area contributed by atoms with Crippen LogP contribution in [0.25, 0.3) is 0 Å². The second-order valence-electron chi connectivity index (χ2n) is 11.9. The molecule has 2 aromatic carbocycles. The van der Waals surface area contributed by atoms with Gasteiger partial charge in [0.05, 0.1) is 17.9 Å². The normalized spacial score (nSPS) is 21.7. The number of imidazole rings is 1. The summed E-state index contributed by atoms with van der Waals surface area (Å²) in [7, 11) is 0. The van der Waals surface area contributed by atoms with Crippen molar-refractivity contribution in [1.29, 1.82) is 0 Å². The Labute approximate surface area is 273 Å². The number of nitrogens with zero attached hydrogens (tertiary/aromatic N) is 3. The van der Waals surface area contributed by atoms with Crippen molar-refractivity contribution in [3.8, 4) is 5.75 Å². The number of carbonyl (C=O) groups excluding carboxylic acids is 4. The molecule has 12 nitrogen and oxygen atoms in total. The summed E-state index contributed by atoms with van der Waals surface area (Å²) < 4.78 is 6.10. The highest BCUT2D eigenvalue weighted by Crippen LogP contribution is 2.22. The van der Waals surface area contributed by atoms with Crippen LogP contribution < -0.4 is 25.6 Å². The van der Waals surface area contributed by atoms with Gasteiger partial charge in [0, 0.05) is 61.6 Å². The fourth-order valence-corrected chi connectivity index (χ4v) is 5.69. The van der Waals surface area contributed by atoms with Gasteiger partial charge in [0.2, 0.25) is 17.7 Å². The number of carbonyl (C=O) groups is 4. The third-order valence-corrected chi connectivity index (χ3v) is 8.61. The lowest BCUT2D eigenvalue weighted by Crippen LogP contribution is -2.55. The van der Waals surface area contributed by atoms with Crippen molar-refractivity contribution < 1.29 is 23.9 Å². The van der Waals surface area contributed by atoms with Gasteiger partial charge < -0.3 is 35.5 Å². The summed E-state index contributed by atoms with van der Waals surface area (Å²) in [6.07, 6.45) is 3.27. The molecule has 13 heteroatoms. The maximum atomic E-state index is 13.9. The maximum absolute atomic E-state index is 13.9. The van der Waals surface area contributed by atoms with Crippen LogP contribution in [0.1, 0.15) is 42.7 Å². The average molecular weight is 650 g/mol. The SMILES string of the molecule is CC(C)[C@@H]1COc2ccccc2C(=O)N[C@H](C(=O)N2CCN(c3ccc(Cl)cc3)CC2)CCC(=O)N[C@@H](Cc2cnc[nH]2)C(=O)N1. The van der Waals surface area contributed by atoms with Gasteiger partial charge in [-0.2, -0.15) is 0 Å². The number of benzene rings is 2. The fourth-order valence-electron chi connectivity index (χ4n) is 5.56. The number of aromatic amines is 1. The zero-order valence-electron chi connectivity index (χ0n) is 26.0. The summed E-state index contributed by atoms with van der Waals surface area (Å²) in [5.41, 5.74) is 1.96. The topological polar surface area (TPSA) is 149 Å². The van der Waals surface area contributed by atoms with E-state index < -0.39 is 29.9 Å². The number of amides is 4. The van der Waals surface area contributed by atoms with Crippen molar-refractivity contribution in [1.82, 2.24) is 30.8 Å². The molecule has 3 atom stereocenters. The summed E-state index contributed by atoms with van der Waals surface area (Å²) >= 11 is 6.05. The molecule has 3 heterocycles. The predicted octanol–water partition coefficient (Wildman–Crippen LogP) is 2.55. The molecule has 4 N–H and O–H groups in total. The number of halogens is 1. The zero-order valence-corrected chi connectivity index (χ0v) is 26.8. The van der Waals surface area contributed by atoms with E-state index in [1.165, 1.54) is 6.33 Å². The quantitative estimate of drug-likeness (QED) is 0.332. The van der Waals surface area contributed by atoms with Crippen LogP contribution in [0.2, 0.25) is 5.02 Å². The molecule has 5 rings (SSSR count). The lowest BCUT2D eigenvalue weighted by atomic mass is 10.0. The number of rotatable bonds is 5. The molecule has 2 aliphatic heterocycles. The average Bonchev–Trinajstić information content (AvgIpc) is 3.57. The highest BCUT2D eigenvalue weighted by Gasteiger charge is 2.32. The Bertz CT molecular complexity index is 1510. The minimum absolute atomic E-state index is 0.00807. The van der Waals surface area contributed by atoms with Gasteiger partial charge in [-0.05, 0) is 48.7 Å². The van der Waals surface area contributed by atoms with Crippen LogP contribution in [-0.2, 0) is 20.8 Å². The molecule has 0 unspecified atom stereocenters. The van der Waals surface area contributed by atoms with Gasteiger partial charge in [0.15, 0.2) is 0 Å². The lowest BCUT2D eigenvalue weighted by molar-refractivity contribution is -0.134. The van der Waals surface area contributed by atoms with Crippen molar-refractivity contribution >= 4 is 40.9 Å². The number of anilines is 1. The third-order valence-electron chi connectivity index (χ3n) is 8.36. The molecule has 1 fully saturated rings. The van der Waals surface area contributed by atoms with E-state index in [0.29, 0.717) is 42.6 Å². The van der Waals surface area contributed by atoms with Crippen LogP contribution in [0.15, 0.2) is 61.1 Å². The molecule has 244 valence electrons. The molecule has 46 heavy (non-hydrogen) atoms. The second-order valence-corrected chi connectivity index (χ2v) is 12.4. The van der Waals surface area contributed by atoms with E-state index in [-0.39, 0.29) is 49.2 Å². The van der Waals surface area contributed by atoms with Crippen molar-refractivity contribution in [2.24, 2.45) is 5.92 Å². The molecule has 2 aliphatic rings. The third kappa shape index (κ3) is 8.36. The highest BCUT2D eigenvalue weighted by atomic mass is 35.5. The van der Waals surface area contributed by atoms with E-state index in [2.05, 4.69) is 30.8 Å². The van der Waals surface area contributed by atoms with E-state index in [1.807, 2.05) is 38.1 Å². The fraction of sp³-hybridized carbons (Fsp3) is 0.424. The van der Waals surface area contributed by atoms with E-state index in [9.17, 15) is 19.2 Å². The number of aromatic nitrogens is 2. The Balaban J connectivity index is 1.36. The molecule has 1 aromatic heterocycles. The summed E-state index contributed by atoms with van der Waals surface area (Å²) in [5, 5.41) is 9.39. The maximum Gasteiger partial charge on any atom is 0.255 e. The summed E-state index contributed by atoms with van der Waals surface area (Å²) in [4.78, 5) is 65.2. The van der Waals surface area contributed by atoms with Gasteiger partial charge in [-0.3, -0.25) is 19.2 Å². The van der Waals surface area contributed by atoms with E-state index in [4.69, 9.17) is 16.3 Å². The van der Waals surface area contributed by atoms with Gasteiger partial charge in [0.25, 0.3) is 5.91 Å². The van der Waals surface area contributed by atoms with Crippen molar-refractivity contribution in [3.05, 3.63) is 77.3 Å². The molecular weight excluding hydrogens is 610 g/mol. The molecule has 0 saturated carbocycles. The molecule has 0 radical (unpaired) electrons. The molecule has 0 aliphatic carbocycles. The number of piperazine rings is 1. The second kappa shape index (κ2) is 15.1. The number of ether oxygens (including phenoxy) is 1. The first kappa shape index (κ1) is 32.8. The van der Waals surface area contributed by atoms with Gasteiger partial charge in [-0.1, -0.05) is 37.6 Å². The molecule has 1 saturated heterocycles. The Morgan fingerprint density at radius 1 is 1.00 bits per heavy atom. The summed E-state index contributed by atoms with van der Waals surface area (Å²) in [6, 6.07) is 12.1. The van der Waals surface area contributed by atoms with Crippen molar-refractivity contribution in [2.45, 2.75) is 51.2 Å². The highest BCUT2D eigenvalue weighted by molar-refractivity contribution is 6.30. The molecular formula is C33H40ClN7O5. The van der Waals surface area contributed by atoms with Crippen LogP contribution >= 0.6 is 11.6 Å². The Morgan fingerprint density at radius 3 is 2.43 bits per heavy atom. The smallest absolute Gasteiger partial charge is 0.255 e. The van der Waals surface area contributed by atoms with Crippen LogP contribution in [0.5, 0.6) is 5.75 Å². The number of nitrogens with one attached hydrogen (secondary N) is 4. The van der Waals surface area contributed by atoms with Gasteiger partial charge in [-0.25, -0.2) is 4.98 Å². The Kier molecular flexibility index (Phi) is 10.8. The first-order valence-corrected chi connectivity index (χ1v) is 15.9. The van der Waals surface area contributed by atoms with E-state index >= 15 is 0 Å². The Hall–Kier alpha value is -4.58. The lowest BCUT2D eigenvalue weighted by Gasteiger charge is -2.37. The Morgan fingerprint density at radius 2 is 1.74 bits per heavy atom. The number of hydrogen-bond acceptors (Lipinski definition) is 7. The monoisotopic (exact) mass is 649 g/mol. The summed E-state index contributed by atoms with van der Waals surface area (Å²) in [6.45, 7) is 6.10. The van der Waals surface area contributed by atoms with Gasteiger partial charge >= 0.3 is 0 Å². The molecule has 0 spiro atoms. The number of fused-ring (bicyclic) bond motifs is 1. The first-order valence-electron chi connectivity index (χ1n) is 15.6. The molecule has 0 bridgehead atoms. The van der Waals surface area contributed by atoms with Gasteiger partial charge in [0.1, 0.15) is 24.4 Å². The molecule has 3 aromatic rings. The van der Waals surface area contributed by atoms with Gasteiger partial charge in [-0.15, -0.1) is 0 Å². The largest absolute Gasteiger partial charge is 0.491 e. The number of para-hydroxylation sites is 1. The van der Waals surface area contributed by atoms with E-state index in [1.54, 1.807) is 35.4 Å². The van der Waals surface area contributed by atoms with E-state index in [0.717, 1.165) is 5.69 Å². The molecule has 4 amide bonds. The van der Waals surface area contributed by atoms with Crippen LogP contribution in [0.4, 0.5) is 5.69 Å². The van der Waals surface area contributed by atoms with Crippen molar-refractivity contribution in [2.75, 3.05) is 37.7 Å². The zero-order chi connectivity index (χ0) is 32.6. The predicted molar refractivity (Wildman–Crippen MR) is 174 cm³/mol. The van der Waals surface area contributed by atoms with Crippen LogP contribution in [0.3, 0.4) is 0 Å². The minimum atomic E-state index is -0.971. The summed E-state index contributed by atoms with van der Waals surface area (Å²) in [5.74, 6) is -1.20. The standard InChI is InChI=1S/C33H40ClN7O5/c1-21(2)28-19-46-29-6-4-3-5-25(29)31(43)38-26(11-12-30(42)37-27(32(44)39-28)17-23-18-35-20-36-23)33(45)41-15-13-40(14-16-41)24-9-7-22(34)8-10-24/h3-10,18,20-21,26-28H,11-17,19H2,1-2H3,(H,35,36)(H,37,42)(H,38,43)(H,39,44)/t26-,27-,28-/m0/s1. The van der Waals surface area contributed by atoms with Crippen LogP contribution in [0, 0.1) is 5.92 Å². The van der Waals surface area contributed by atoms with Crippen molar-refractivity contribution in [3.63, 3.8) is 0 Å². The number of hydrogen-bond donors (Lipinski definition) is 4.